The fourth-order valence-corrected chi connectivity index (χ4v) is 3.17. The predicted molar refractivity (Wildman–Crippen MR) is 109 cm³/mol. The third kappa shape index (κ3) is 5.55. The van der Waals surface area contributed by atoms with Gasteiger partial charge in [-0.3, -0.25) is 4.79 Å². The van der Waals surface area contributed by atoms with E-state index in [0.29, 0.717) is 6.42 Å². The van der Waals surface area contributed by atoms with Gasteiger partial charge in [-0.2, -0.15) is 5.10 Å². The summed E-state index contributed by atoms with van der Waals surface area (Å²) >= 11 is 0. The molecule has 3 rings (SSSR count). The topological polar surface area (TPSA) is 46.9 Å². The Bertz CT molecular complexity index is 847. The van der Waals surface area contributed by atoms with Gasteiger partial charge in [-0.05, 0) is 41.2 Å². The van der Waals surface area contributed by atoms with E-state index in [9.17, 15) is 4.79 Å². The number of hydrogen-bond donors (Lipinski definition) is 1. The fraction of sp³-hybridized carbons (Fsp3) is 0.304. The van der Waals surface area contributed by atoms with E-state index < -0.39 is 0 Å². The summed E-state index contributed by atoms with van der Waals surface area (Å²) in [6.45, 7) is 6.59. The van der Waals surface area contributed by atoms with Crippen molar-refractivity contribution < 1.29 is 4.79 Å². The van der Waals surface area contributed by atoms with Gasteiger partial charge < -0.3 is 5.32 Å². The van der Waals surface area contributed by atoms with Gasteiger partial charge in [0.2, 0.25) is 5.91 Å². The van der Waals surface area contributed by atoms with Crippen molar-refractivity contribution in [3.05, 3.63) is 84.2 Å². The molecule has 0 aliphatic rings. The zero-order valence-electron chi connectivity index (χ0n) is 16.2. The maximum atomic E-state index is 12.7. The van der Waals surface area contributed by atoms with Crippen molar-refractivity contribution in [1.82, 2.24) is 15.1 Å². The molecule has 0 fully saturated rings. The van der Waals surface area contributed by atoms with Crippen LogP contribution in [0.2, 0.25) is 0 Å². The first-order chi connectivity index (χ1) is 12.9. The number of nitrogens with zero attached hydrogens (tertiary/aromatic N) is 2. The normalized spacial score (nSPS) is 12.6. The van der Waals surface area contributed by atoms with Crippen molar-refractivity contribution in [3.8, 4) is 5.69 Å². The smallest absolute Gasteiger partial charge is 0.224 e. The lowest BCUT2D eigenvalue weighted by Crippen LogP contribution is -2.32. The summed E-state index contributed by atoms with van der Waals surface area (Å²) in [4.78, 5) is 12.7. The first-order valence-corrected chi connectivity index (χ1v) is 9.34. The van der Waals surface area contributed by atoms with Crippen LogP contribution < -0.4 is 5.32 Å². The molecular formula is C23H27N3O. The van der Waals surface area contributed by atoms with E-state index in [0.717, 1.165) is 23.2 Å². The molecule has 0 bridgehead atoms. The molecule has 140 valence electrons. The van der Waals surface area contributed by atoms with Gasteiger partial charge in [-0.1, -0.05) is 63.2 Å². The number of carbonyl (C=O) groups is 1. The highest BCUT2D eigenvalue weighted by Crippen LogP contribution is 2.29. The minimum atomic E-state index is 0.0158. The lowest BCUT2D eigenvalue weighted by molar-refractivity contribution is -0.121. The lowest BCUT2D eigenvalue weighted by Gasteiger charge is -2.27. The maximum absolute atomic E-state index is 12.7. The number of rotatable bonds is 6. The second-order valence-electron chi connectivity index (χ2n) is 8.09. The van der Waals surface area contributed by atoms with E-state index in [1.165, 1.54) is 0 Å². The Morgan fingerprint density at radius 1 is 1.04 bits per heavy atom. The highest BCUT2D eigenvalue weighted by molar-refractivity contribution is 5.79. The van der Waals surface area contributed by atoms with Crippen LogP contribution in [0.15, 0.2) is 73.1 Å². The summed E-state index contributed by atoms with van der Waals surface area (Å²) in [5.41, 5.74) is 3.25. The average molecular weight is 361 g/mol. The number of hydrogen-bond acceptors (Lipinski definition) is 2. The van der Waals surface area contributed by atoms with E-state index in [1.54, 1.807) is 10.9 Å². The molecule has 0 saturated carbocycles. The van der Waals surface area contributed by atoms with Gasteiger partial charge >= 0.3 is 0 Å². The SMILES string of the molecule is CC(C)(C)CC(NC(=O)Cc1ccc(-n2cccn2)cc1)c1ccccc1. The lowest BCUT2D eigenvalue weighted by atomic mass is 9.85. The Morgan fingerprint density at radius 3 is 2.33 bits per heavy atom. The summed E-state index contributed by atoms with van der Waals surface area (Å²) in [6, 6.07) is 20.0. The minimum absolute atomic E-state index is 0.0158. The molecule has 0 radical (unpaired) electrons. The Labute approximate surface area is 161 Å². The van der Waals surface area contributed by atoms with Crippen molar-refractivity contribution in [2.24, 2.45) is 5.41 Å². The third-order valence-corrected chi connectivity index (χ3v) is 4.42. The number of aromatic nitrogens is 2. The molecule has 0 spiro atoms. The molecule has 1 atom stereocenters. The van der Waals surface area contributed by atoms with Gasteiger partial charge in [0.05, 0.1) is 18.2 Å². The summed E-state index contributed by atoms with van der Waals surface area (Å²) in [7, 11) is 0. The van der Waals surface area contributed by atoms with E-state index in [-0.39, 0.29) is 17.4 Å². The predicted octanol–water partition coefficient (Wildman–Crippen LogP) is 4.71. The number of nitrogens with one attached hydrogen (secondary N) is 1. The fourth-order valence-electron chi connectivity index (χ4n) is 3.17. The first-order valence-electron chi connectivity index (χ1n) is 9.34. The maximum Gasteiger partial charge on any atom is 0.224 e. The second kappa shape index (κ2) is 8.21. The molecule has 1 heterocycles. The summed E-state index contributed by atoms with van der Waals surface area (Å²) < 4.78 is 1.80. The molecule has 0 aliphatic heterocycles. The minimum Gasteiger partial charge on any atom is -0.349 e. The van der Waals surface area contributed by atoms with Crippen LogP contribution in [0.1, 0.15) is 44.4 Å². The highest BCUT2D eigenvalue weighted by Gasteiger charge is 2.22. The van der Waals surface area contributed by atoms with Crippen LogP contribution in [-0.4, -0.2) is 15.7 Å². The largest absolute Gasteiger partial charge is 0.349 e. The molecule has 0 saturated heterocycles. The summed E-state index contributed by atoms with van der Waals surface area (Å²) in [5.74, 6) is 0.0416. The number of carbonyl (C=O) groups excluding carboxylic acids is 1. The van der Waals surface area contributed by atoms with Crippen LogP contribution in [0, 0.1) is 5.41 Å². The first kappa shape index (κ1) is 18.9. The van der Waals surface area contributed by atoms with Gasteiger partial charge in [0, 0.05) is 12.4 Å². The zero-order valence-corrected chi connectivity index (χ0v) is 16.2. The number of benzene rings is 2. The molecule has 3 aromatic rings. The summed E-state index contributed by atoms with van der Waals surface area (Å²) in [5, 5.41) is 7.45. The van der Waals surface area contributed by atoms with Crippen LogP contribution in [-0.2, 0) is 11.2 Å². The van der Waals surface area contributed by atoms with Gasteiger partial charge in [-0.25, -0.2) is 4.68 Å². The highest BCUT2D eigenvalue weighted by atomic mass is 16.1. The summed E-state index contributed by atoms with van der Waals surface area (Å²) in [6.07, 6.45) is 4.91. The van der Waals surface area contributed by atoms with E-state index in [2.05, 4.69) is 43.3 Å². The number of amides is 1. The van der Waals surface area contributed by atoms with Gasteiger partial charge in [-0.15, -0.1) is 0 Å². The van der Waals surface area contributed by atoms with Crippen LogP contribution >= 0.6 is 0 Å². The second-order valence-corrected chi connectivity index (χ2v) is 8.09. The van der Waals surface area contributed by atoms with Crippen molar-refractivity contribution in [3.63, 3.8) is 0 Å². The van der Waals surface area contributed by atoms with Gasteiger partial charge in [0.1, 0.15) is 0 Å². The Morgan fingerprint density at radius 2 is 1.74 bits per heavy atom. The van der Waals surface area contributed by atoms with Gasteiger partial charge in [0.25, 0.3) is 0 Å². The van der Waals surface area contributed by atoms with E-state index >= 15 is 0 Å². The van der Waals surface area contributed by atoms with E-state index in [1.807, 2.05) is 54.7 Å². The third-order valence-electron chi connectivity index (χ3n) is 4.42. The van der Waals surface area contributed by atoms with Crippen LogP contribution in [0.3, 0.4) is 0 Å². The van der Waals surface area contributed by atoms with Gasteiger partial charge in [0.15, 0.2) is 0 Å². The monoisotopic (exact) mass is 361 g/mol. The quantitative estimate of drug-likeness (QED) is 0.691. The Hall–Kier alpha value is -2.88. The molecule has 2 aromatic carbocycles. The average Bonchev–Trinajstić information content (AvgIpc) is 3.16. The molecule has 4 heteroatoms. The molecule has 27 heavy (non-hydrogen) atoms. The standard InChI is InChI=1S/C23H27N3O/c1-23(2,3)17-21(19-8-5-4-6-9-19)25-22(27)16-18-10-12-20(13-11-18)26-15-7-14-24-26/h4-15,21H,16-17H2,1-3H3,(H,25,27). The van der Waals surface area contributed by atoms with Crippen molar-refractivity contribution in [2.45, 2.75) is 39.7 Å². The molecule has 4 nitrogen and oxygen atoms in total. The molecular weight excluding hydrogens is 334 g/mol. The molecule has 1 amide bonds. The van der Waals surface area contributed by atoms with Crippen molar-refractivity contribution in [2.75, 3.05) is 0 Å². The molecule has 1 aromatic heterocycles. The molecule has 0 aliphatic carbocycles. The van der Waals surface area contributed by atoms with Crippen molar-refractivity contribution in [1.29, 1.82) is 0 Å². The Kier molecular flexibility index (Phi) is 5.75. The zero-order chi connectivity index (χ0) is 19.3. The van der Waals surface area contributed by atoms with Crippen LogP contribution in [0.25, 0.3) is 5.69 Å². The van der Waals surface area contributed by atoms with Crippen LogP contribution in [0.5, 0.6) is 0 Å². The van der Waals surface area contributed by atoms with E-state index in [4.69, 9.17) is 0 Å². The Balaban J connectivity index is 1.67. The van der Waals surface area contributed by atoms with Crippen LogP contribution in [0.4, 0.5) is 0 Å². The van der Waals surface area contributed by atoms with Crippen molar-refractivity contribution >= 4 is 5.91 Å². The molecule has 1 unspecified atom stereocenters. The molecule has 1 N–H and O–H groups in total.